The van der Waals surface area contributed by atoms with E-state index in [4.69, 9.17) is 11.6 Å². The molecule has 2 nitrogen and oxygen atoms in total. The van der Waals surface area contributed by atoms with Gasteiger partial charge in [-0.05, 0) is 41.7 Å². The van der Waals surface area contributed by atoms with Crippen LogP contribution in [0.4, 0.5) is 22.0 Å². The fourth-order valence-corrected chi connectivity index (χ4v) is 2.95. The lowest BCUT2D eigenvalue weighted by Crippen LogP contribution is -2.23. The minimum atomic E-state index is -2.72. The van der Waals surface area contributed by atoms with Crippen molar-refractivity contribution < 1.29 is 26.7 Å². The van der Waals surface area contributed by atoms with Crippen molar-refractivity contribution in [2.75, 3.05) is 0 Å². The Morgan fingerprint density at radius 3 is 2.33 bits per heavy atom. The zero-order chi connectivity index (χ0) is 20.0. The molecule has 27 heavy (non-hydrogen) atoms. The fraction of sp³-hybridized carbons (Fsp3) is 0.316. The first-order valence-electron chi connectivity index (χ1n) is 8.20. The first kappa shape index (κ1) is 21.2. The highest BCUT2D eigenvalue weighted by Gasteiger charge is 2.23. The van der Waals surface area contributed by atoms with Gasteiger partial charge in [0.15, 0.2) is 0 Å². The molecule has 0 heterocycles. The topological polar surface area (TPSA) is 29.1 Å². The van der Waals surface area contributed by atoms with E-state index in [9.17, 15) is 26.7 Å². The van der Waals surface area contributed by atoms with Gasteiger partial charge in [-0.3, -0.25) is 4.79 Å². The highest BCUT2D eigenvalue weighted by molar-refractivity contribution is 6.31. The Bertz CT molecular complexity index is 782. The molecular formula is C19H17ClF5NO. The van der Waals surface area contributed by atoms with Crippen LogP contribution in [0.3, 0.4) is 0 Å². The summed E-state index contributed by atoms with van der Waals surface area (Å²) in [5.41, 5.74) is 0.588. The summed E-state index contributed by atoms with van der Waals surface area (Å²) in [6.07, 6.45) is -3.58. The number of halogens is 6. The lowest BCUT2D eigenvalue weighted by atomic mass is 9.90. The third kappa shape index (κ3) is 6.50. The van der Waals surface area contributed by atoms with E-state index in [-0.39, 0.29) is 24.9 Å². The predicted octanol–water partition coefficient (Wildman–Crippen LogP) is 5.59. The summed E-state index contributed by atoms with van der Waals surface area (Å²) in [6.45, 7) is 0.147. The number of hydrogen-bond acceptors (Lipinski definition) is 1. The molecule has 0 spiro atoms. The number of nitrogens with one attached hydrogen (secondary N) is 1. The summed E-state index contributed by atoms with van der Waals surface area (Å²) < 4.78 is 65.6. The van der Waals surface area contributed by atoms with Crippen LogP contribution in [0.2, 0.25) is 5.02 Å². The largest absolute Gasteiger partial charge is 0.352 e. The monoisotopic (exact) mass is 405 g/mol. The van der Waals surface area contributed by atoms with E-state index in [0.29, 0.717) is 11.6 Å². The van der Waals surface area contributed by atoms with Gasteiger partial charge in [0.05, 0.1) is 5.02 Å². The van der Waals surface area contributed by atoms with Crippen LogP contribution in [0, 0.1) is 17.5 Å². The van der Waals surface area contributed by atoms with Crippen molar-refractivity contribution in [3.63, 3.8) is 0 Å². The molecule has 0 aliphatic rings. The average molecular weight is 406 g/mol. The van der Waals surface area contributed by atoms with E-state index in [2.05, 4.69) is 5.32 Å². The van der Waals surface area contributed by atoms with Crippen molar-refractivity contribution in [1.29, 1.82) is 0 Å². The van der Waals surface area contributed by atoms with Crippen molar-refractivity contribution in [2.45, 2.75) is 38.2 Å². The Balaban J connectivity index is 2.00. The summed E-state index contributed by atoms with van der Waals surface area (Å²) in [5, 5.41) is 2.16. The number of benzene rings is 2. The lowest BCUT2D eigenvalue weighted by molar-refractivity contribution is -0.121. The van der Waals surface area contributed by atoms with Gasteiger partial charge in [0, 0.05) is 25.5 Å². The second-order valence-corrected chi connectivity index (χ2v) is 6.43. The number of amides is 1. The van der Waals surface area contributed by atoms with E-state index >= 15 is 0 Å². The second kappa shape index (κ2) is 9.69. The molecule has 2 aromatic rings. The number of alkyl halides is 2. The molecule has 8 heteroatoms. The van der Waals surface area contributed by atoms with E-state index < -0.39 is 47.1 Å². The zero-order valence-corrected chi connectivity index (χ0v) is 14.9. The predicted molar refractivity (Wildman–Crippen MR) is 92.2 cm³/mol. The first-order chi connectivity index (χ1) is 12.8. The molecule has 0 radical (unpaired) electrons. The van der Waals surface area contributed by atoms with E-state index in [1.807, 2.05) is 0 Å². The van der Waals surface area contributed by atoms with Gasteiger partial charge in [-0.15, -0.1) is 0 Å². The van der Waals surface area contributed by atoms with Crippen LogP contribution in [-0.2, 0) is 11.3 Å². The van der Waals surface area contributed by atoms with Gasteiger partial charge in [-0.2, -0.15) is 0 Å². The Kier molecular flexibility index (Phi) is 7.59. The van der Waals surface area contributed by atoms with Crippen molar-refractivity contribution in [1.82, 2.24) is 5.32 Å². The molecule has 0 saturated heterocycles. The molecule has 0 aromatic heterocycles. The molecular weight excluding hydrogens is 389 g/mol. The van der Waals surface area contributed by atoms with Crippen LogP contribution in [-0.4, -0.2) is 12.3 Å². The van der Waals surface area contributed by atoms with Crippen molar-refractivity contribution in [3.8, 4) is 0 Å². The van der Waals surface area contributed by atoms with Gasteiger partial charge < -0.3 is 5.32 Å². The SMILES string of the molecule is O=C(CCC(CC(F)F)c1cc(F)cc(F)c1Cl)NCc1ccc(F)cc1. The second-order valence-electron chi connectivity index (χ2n) is 6.06. The molecule has 0 aliphatic carbocycles. The molecule has 0 saturated carbocycles. The van der Waals surface area contributed by atoms with Crippen LogP contribution < -0.4 is 5.32 Å². The van der Waals surface area contributed by atoms with E-state index in [1.54, 1.807) is 0 Å². The molecule has 0 bridgehead atoms. The number of carbonyl (C=O) groups is 1. The first-order valence-corrected chi connectivity index (χ1v) is 8.57. The van der Waals surface area contributed by atoms with E-state index in [0.717, 1.165) is 6.07 Å². The molecule has 0 aliphatic heterocycles. The van der Waals surface area contributed by atoms with Crippen LogP contribution >= 0.6 is 11.6 Å². The van der Waals surface area contributed by atoms with Crippen LogP contribution in [0.5, 0.6) is 0 Å². The van der Waals surface area contributed by atoms with Crippen LogP contribution in [0.1, 0.15) is 36.3 Å². The molecule has 2 rings (SSSR count). The Labute approximate surface area is 158 Å². The average Bonchev–Trinajstić information content (AvgIpc) is 2.61. The third-order valence-corrected chi connectivity index (χ3v) is 4.45. The number of hydrogen-bond donors (Lipinski definition) is 1. The minimum Gasteiger partial charge on any atom is -0.352 e. The summed E-state index contributed by atoms with van der Waals surface area (Å²) >= 11 is 5.79. The minimum absolute atomic E-state index is 0.0534. The summed E-state index contributed by atoms with van der Waals surface area (Å²) in [4.78, 5) is 12.0. The lowest BCUT2D eigenvalue weighted by Gasteiger charge is -2.19. The molecule has 146 valence electrons. The van der Waals surface area contributed by atoms with Crippen molar-refractivity contribution in [2.24, 2.45) is 0 Å². The molecule has 0 fully saturated rings. The third-order valence-electron chi connectivity index (χ3n) is 4.05. The highest BCUT2D eigenvalue weighted by Crippen LogP contribution is 2.34. The Morgan fingerprint density at radius 1 is 1.04 bits per heavy atom. The Morgan fingerprint density at radius 2 is 1.70 bits per heavy atom. The zero-order valence-electron chi connectivity index (χ0n) is 14.1. The maximum Gasteiger partial charge on any atom is 0.239 e. The Hall–Kier alpha value is -2.15. The maximum atomic E-state index is 13.6. The smallest absolute Gasteiger partial charge is 0.239 e. The summed E-state index contributed by atoms with van der Waals surface area (Å²) in [6, 6.07) is 6.99. The molecule has 1 amide bonds. The van der Waals surface area contributed by atoms with Gasteiger partial charge >= 0.3 is 0 Å². The maximum absolute atomic E-state index is 13.6. The number of carbonyl (C=O) groups excluding carboxylic acids is 1. The quantitative estimate of drug-likeness (QED) is 0.450. The van der Waals surface area contributed by atoms with Gasteiger partial charge in [-0.1, -0.05) is 23.7 Å². The summed E-state index contributed by atoms with van der Waals surface area (Å²) in [7, 11) is 0. The van der Waals surface area contributed by atoms with Crippen molar-refractivity contribution >= 4 is 17.5 Å². The van der Waals surface area contributed by atoms with Crippen molar-refractivity contribution in [3.05, 3.63) is 70.0 Å². The van der Waals surface area contributed by atoms with Gasteiger partial charge in [-0.25, -0.2) is 22.0 Å². The standard InChI is InChI=1S/C19H17ClF5NO/c20-19-15(8-14(22)9-16(19)23)12(7-17(24)25)3-6-18(27)26-10-11-1-4-13(21)5-2-11/h1-2,4-5,8-9,12,17H,3,6-7,10H2,(H,26,27). The summed E-state index contributed by atoms with van der Waals surface area (Å²) in [5.74, 6) is -3.76. The number of rotatable bonds is 8. The normalized spacial score (nSPS) is 12.3. The fourth-order valence-electron chi connectivity index (χ4n) is 2.68. The van der Waals surface area contributed by atoms with Crippen LogP contribution in [0.25, 0.3) is 0 Å². The van der Waals surface area contributed by atoms with Gasteiger partial charge in [0.2, 0.25) is 12.3 Å². The molecule has 2 aromatic carbocycles. The molecule has 1 unspecified atom stereocenters. The van der Waals surface area contributed by atoms with Crippen LogP contribution in [0.15, 0.2) is 36.4 Å². The highest BCUT2D eigenvalue weighted by atomic mass is 35.5. The van der Waals surface area contributed by atoms with Gasteiger partial charge in [0.25, 0.3) is 0 Å². The molecule has 1 atom stereocenters. The van der Waals surface area contributed by atoms with Gasteiger partial charge in [0.1, 0.15) is 17.5 Å². The molecule has 1 N–H and O–H groups in total. The van der Waals surface area contributed by atoms with E-state index in [1.165, 1.54) is 24.3 Å².